The quantitative estimate of drug-likeness (QED) is 0.140. The van der Waals surface area contributed by atoms with Gasteiger partial charge in [-0.25, -0.2) is 8.42 Å². The maximum atomic E-state index is 13.5. The minimum atomic E-state index is -3.88. The molecule has 0 atom stereocenters. The number of nitrogens with zero attached hydrogens (tertiary/aromatic N) is 1. The zero-order valence-corrected chi connectivity index (χ0v) is 22.3. The Hall–Kier alpha value is -3.85. The third-order valence-electron chi connectivity index (χ3n) is 6.15. The van der Waals surface area contributed by atoms with Crippen molar-refractivity contribution in [1.82, 2.24) is 0 Å². The molecule has 0 saturated carbocycles. The minimum Gasteiger partial charge on any atom is -0.469 e. The van der Waals surface area contributed by atoms with Gasteiger partial charge in [-0.15, -0.1) is 0 Å². The molecule has 0 radical (unpaired) electrons. The molecule has 0 aromatic heterocycles. The standard InChI is InChI=1S/C28H34N4O4S/c1-20-19-26(32(17-15-27(33)36-3)37(34,35)25-9-5-4-6-10-25)21(2)18-23(20)8-7-16-31-24-13-11-22(12-14-24)28(29)30/h4-6,9-14,18-19,31H,7-8,15-17H2,1-3H3,(H3,29,30). The van der Waals surface area contributed by atoms with Crippen molar-refractivity contribution in [3.05, 3.63) is 89.0 Å². The van der Waals surface area contributed by atoms with Gasteiger partial charge in [0.05, 0.1) is 24.1 Å². The fourth-order valence-corrected chi connectivity index (χ4v) is 5.61. The van der Waals surface area contributed by atoms with Crippen LogP contribution in [-0.4, -0.2) is 40.4 Å². The molecule has 4 N–H and O–H groups in total. The molecular formula is C28H34N4O4S. The number of hydrogen-bond acceptors (Lipinski definition) is 6. The summed E-state index contributed by atoms with van der Waals surface area (Å²) in [5.41, 5.74) is 10.6. The number of anilines is 2. The van der Waals surface area contributed by atoms with Gasteiger partial charge < -0.3 is 15.8 Å². The van der Waals surface area contributed by atoms with Crippen LogP contribution in [0.5, 0.6) is 0 Å². The lowest BCUT2D eigenvalue weighted by molar-refractivity contribution is -0.140. The van der Waals surface area contributed by atoms with Crippen LogP contribution in [0.2, 0.25) is 0 Å². The van der Waals surface area contributed by atoms with Gasteiger partial charge in [-0.2, -0.15) is 0 Å². The van der Waals surface area contributed by atoms with Crippen molar-refractivity contribution in [3.8, 4) is 0 Å². The largest absolute Gasteiger partial charge is 0.469 e. The summed E-state index contributed by atoms with van der Waals surface area (Å²) in [7, 11) is -2.59. The fraction of sp³-hybridized carbons (Fsp3) is 0.286. The predicted molar refractivity (Wildman–Crippen MR) is 148 cm³/mol. The summed E-state index contributed by atoms with van der Waals surface area (Å²) in [6, 6.07) is 19.6. The van der Waals surface area contributed by atoms with E-state index >= 15 is 0 Å². The van der Waals surface area contributed by atoms with E-state index in [0.717, 1.165) is 41.8 Å². The molecule has 37 heavy (non-hydrogen) atoms. The molecule has 8 nitrogen and oxygen atoms in total. The predicted octanol–water partition coefficient (Wildman–Crippen LogP) is 4.39. The lowest BCUT2D eigenvalue weighted by Gasteiger charge is -2.27. The molecule has 0 fully saturated rings. The normalized spacial score (nSPS) is 11.1. The molecule has 3 aromatic carbocycles. The lowest BCUT2D eigenvalue weighted by atomic mass is 9.99. The van der Waals surface area contributed by atoms with E-state index < -0.39 is 16.0 Å². The second kappa shape index (κ2) is 12.4. The number of methoxy groups -OCH3 is 1. The van der Waals surface area contributed by atoms with Gasteiger partial charge in [0.2, 0.25) is 0 Å². The second-order valence-corrected chi connectivity index (χ2v) is 10.7. The van der Waals surface area contributed by atoms with Crippen LogP contribution in [-0.2, 0) is 26.0 Å². The van der Waals surface area contributed by atoms with Gasteiger partial charge in [-0.3, -0.25) is 14.5 Å². The first kappa shape index (κ1) is 27.7. The van der Waals surface area contributed by atoms with Crippen LogP contribution in [0.1, 0.15) is 35.1 Å². The number of rotatable bonds is 12. The van der Waals surface area contributed by atoms with E-state index in [0.29, 0.717) is 11.3 Å². The van der Waals surface area contributed by atoms with Crippen molar-refractivity contribution < 1.29 is 17.9 Å². The molecule has 0 heterocycles. The third-order valence-corrected chi connectivity index (χ3v) is 7.98. The highest BCUT2D eigenvalue weighted by Crippen LogP contribution is 2.30. The van der Waals surface area contributed by atoms with Crippen LogP contribution >= 0.6 is 0 Å². The number of carbonyl (C=O) groups is 1. The van der Waals surface area contributed by atoms with E-state index in [2.05, 4.69) is 5.32 Å². The molecule has 3 aromatic rings. The van der Waals surface area contributed by atoms with Crippen molar-refractivity contribution in [3.63, 3.8) is 0 Å². The number of nitrogen functional groups attached to an aromatic ring is 1. The van der Waals surface area contributed by atoms with E-state index in [1.807, 2.05) is 50.2 Å². The molecule has 0 aliphatic rings. The number of carbonyl (C=O) groups excluding carboxylic acids is 1. The summed E-state index contributed by atoms with van der Waals surface area (Å²) < 4.78 is 33.1. The Bertz CT molecular complexity index is 1340. The van der Waals surface area contributed by atoms with Crippen molar-refractivity contribution in [2.24, 2.45) is 5.73 Å². The summed E-state index contributed by atoms with van der Waals surface area (Å²) in [4.78, 5) is 12.0. The Kier molecular flexibility index (Phi) is 9.30. The van der Waals surface area contributed by atoms with Gasteiger partial charge in [-0.1, -0.05) is 24.3 Å². The van der Waals surface area contributed by atoms with Gasteiger partial charge in [0.1, 0.15) is 5.84 Å². The van der Waals surface area contributed by atoms with Gasteiger partial charge in [0.15, 0.2) is 0 Å². The number of nitrogens with two attached hydrogens (primary N) is 1. The molecular weight excluding hydrogens is 488 g/mol. The Labute approximate surface area is 219 Å². The Morgan fingerprint density at radius 3 is 2.32 bits per heavy atom. The van der Waals surface area contributed by atoms with Gasteiger partial charge >= 0.3 is 5.97 Å². The number of benzene rings is 3. The first-order chi connectivity index (χ1) is 17.6. The van der Waals surface area contributed by atoms with E-state index in [1.54, 1.807) is 30.3 Å². The van der Waals surface area contributed by atoms with Crippen LogP contribution in [0, 0.1) is 19.3 Å². The Morgan fingerprint density at radius 2 is 1.70 bits per heavy atom. The highest BCUT2D eigenvalue weighted by atomic mass is 32.2. The topological polar surface area (TPSA) is 126 Å². The summed E-state index contributed by atoms with van der Waals surface area (Å²) in [6.07, 6.45) is 1.64. The van der Waals surface area contributed by atoms with Crippen LogP contribution in [0.25, 0.3) is 0 Å². The summed E-state index contributed by atoms with van der Waals surface area (Å²) in [5.74, 6) is -0.427. The van der Waals surface area contributed by atoms with E-state index in [-0.39, 0.29) is 23.7 Å². The Morgan fingerprint density at radius 1 is 1.03 bits per heavy atom. The number of sulfonamides is 1. The average Bonchev–Trinajstić information content (AvgIpc) is 2.89. The van der Waals surface area contributed by atoms with Crippen LogP contribution in [0.15, 0.2) is 71.6 Å². The minimum absolute atomic E-state index is 0.0180. The number of ether oxygens (including phenoxy) is 1. The lowest BCUT2D eigenvalue weighted by Crippen LogP contribution is -2.34. The van der Waals surface area contributed by atoms with E-state index in [1.165, 1.54) is 11.4 Å². The summed E-state index contributed by atoms with van der Waals surface area (Å²) >= 11 is 0. The van der Waals surface area contributed by atoms with Crippen molar-refractivity contribution in [2.75, 3.05) is 29.8 Å². The molecule has 3 rings (SSSR count). The average molecular weight is 523 g/mol. The Balaban J connectivity index is 1.76. The zero-order chi connectivity index (χ0) is 27.0. The van der Waals surface area contributed by atoms with Gasteiger partial charge in [-0.05, 0) is 85.8 Å². The smallest absolute Gasteiger partial charge is 0.307 e. The van der Waals surface area contributed by atoms with Crippen molar-refractivity contribution in [2.45, 2.75) is 38.0 Å². The van der Waals surface area contributed by atoms with Crippen LogP contribution < -0.4 is 15.4 Å². The summed E-state index contributed by atoms with van der Waals surface area (Å²) in [5, 5.41) is 10.9. The maximum Gasteiger partial charge on any atom is 0.307 e. The van der Waals surface area contributed by atoms with Crippen molar-refractivity contribution >= 4 is 33.2 Å². The molecule has 0 aliphatic carbocycles. The van der Waals surface area contributed by atoms with Crippen LogP contribution in [0.4, 0.5) is 11.4 Å². The number of hydrogen-bond donors (Lipinski definition) is 3. The van der Waals surface area contributed by atoms with E-state index in [4.69, 9.17) is 15.9 Å². The summed E-state index contributed by atoms with van der Waals surface area (Å²) in [6.45, 7) is 4.60. The highest BCUT2D eigenvalue weighted by molar-refractivity contribution is 7.92. The molecule has 0 saturated heterocycles. The maximum absolute atomic E-state index is 13.5. The third kappa shape index (κ3) is 7.10. The molecule has 196 valence electrons. The SMILES string of the molecule is COC(=O)CCN(c1cc(C)c(CCCNc2ccc(C(=N)N)cc2)cc1C)S(=O)(=O)c1ccccc1. The molecule has 0 amide bonds. The number of amidine groups is 1. The number of esters is 1. The second-order valence-electron chi connectivity index (χ2n) is 8.80. The number of nitrogens with one attached hydrogen (secondary N) is 2. The van der Waals surface area contributed by atoms with Gasteiger partial charge in [0.25, 0.3) is 10.0 Å². The van der Waals surface area contributed by atoms with Crippen LogP contribution in [0.3, 0.4) is 0 Å². The zero-order valence-electron chi connectivity index (χ0n) is 21.5. The monoisotopic (exact) mass is 522 g/mol. The van der Waals surface area contributed by atoms with E-state index in [9.17, 15) is 13.2 Å². The fourth-order valence-electron chi connectivity index (χ4n) is 4.06. The van der Waals surface area contributed by atoms with Crippen molar-refractivity contribution in [1.29, 1.82) is 5.41 Å². The molecule has 0 aliphatic heterocycles. The molecule has 0 unspecified atom stereocenters. The molecule has 0 bridgehead atoms. The highest BCUT2D eigenvalue weighted by Gasteiger charge is 2.27. The molecule has 9 heteroatoms. The number of aryl methyl sites for hydroxylation is 3. The van der Waals surface area contributed by atoms with Gasteiger partial charge in [0, 0.05) is 24.3 Å². The first-order valence-corrected chi connectivity index (χ1v) is 13.5. The molecule has 0 spiro atoms. The first-order valence-electron chi connectivity index (χ1n) is 12.1.